The summed E-state index contributed by atoms with van der Waals surface area (Å²) in [4.78, 5) is 12.2. The van der Waals surface area contributed by atoms with Crippen molar-refractivity contribution in [2.45, 2.75) is 20.4 Å². The molecule has 1 heterocycles. The van der Waals surface area contributed by atoms with Crippen LogP contribution in [-0.2, 0) is 6.54 Å². The Balaban J connectivity index is 1.98. The zero-order valence-electron chi connectivity index (χ0n) is 13.6. The molecule has 23 heavy (non-hydrogen) atoms. The number of aryl methyl sites for hydroxylation is 1. The molecule has 0 fully saturated rings. The Bertz CT molecular complexity index is 713. The fraction of sp³-hybridized carbons (Fsp3) is 0.375. The van der Waals surface area contributed by atoms with Gasteiger partial charge in [-0.2, -0.15) is 5.10 Å². The summed E-state index contributed by atoms with van der Waals surface area (Å²) in [7, 11) is 3.09. The average molecular weight is 338 g/mol. The molecule has 1 N–H and O–H groups in total. The molecule has 1 aromatic heterocycles. The van der Waals surface area contributed by atoms with Crippen molar-refractivity contribution < 1.29 is 14.3 Å². The van der Waals surface area contributed by atoms with Gasteiger partial charge in [-0.1, -0.05) is 11.6 Å². The van der Waals surface area contributed by atoms with Crippen LogP contribution in [0.15, 0.2) is 18.2 Å². The van der Waals surface area contributed by atoms with Crippen LogP contribution >= 0.6 is 11.6 Å². The van der Waals surface area contributed by atoms with E-state index in [4.69, 9.17) is 21.1 Å². The fourth-order valence-corrected chi connectivity index (χ4v) is 2.38. The van der Waals surface area contributed by atoms with Crippen LogP contribution in [0.1, 0.15) is 21.7 Å². The lowest BCUT2D eigenvalue weighted by molar-refractivity contribution is 0.0951. The normalized spacial score (nSPS) is 10.5. The van der Waals surface area contributed by atoms with Gasteiger partial charge in [0.05, 0.1) is 37.2 Å². The molecule has 0 spiro atoms. The summed E-state index contributed by atoms with van der Waals surface area (Å²) in [6, 6.07) is 5.04. The van der Waals surface area contributed by atoms with Crippen LogP contribution in [0.3, 0.4) is 0 Å². The molecule has 6 nitrogen and oxygen atoms in total. The van der Waals surface area contributed by atoms with Gasteiger partial charge in [-0.25, -0.2) is 0 Å². The van der Waals surface area contributed by atoms with Crippen LogP contribution in [0.5, 0.6) is 11.5 Å². The van der Waals surface area contributed by atoms with E-state index < -0.39 is 0 Å². The lowest BCUT2D eigenvalue weighted by atomic mass is 10.2. The van der Waals surface area contributed by atoms with Gasteiger partial charge in [0.1, 0.15) is 0 Å². The third-order valence-corrected chi connectivity index (χ3v) is 4.10. The van der Waals surface area contributed by atoms with Gasteiger partial charge in [0, 0.05) is 12.1 Å². The Hall–Kier alpha value is -2.21. The number of hydrogen-bond donors (Lipinski definition) is 1. The summed E-state index contributed by atoms with van der Waals surface area (Å²) >= 11 is 6.10. The number of nitrogens with one attached hydrogen (secondary N) is 1. The van der Waals surface area contributed by atoms with Crippen LogP contribution in [0.4, 0.5) is 0 Å². The molecule has 0 aliphatic carbocycles. The van der Waals surface area contributed by atoms with E-state index in [1.165, 1.54) is 7.11 Å². The van der Waals surface area contributed by atoms with E-state index in [9.17, 15) is 4.79 Å². The molecule has 0 atom stereocenters. The molecule has 0 aliphatic rings. The van der Waals surface area contributed by atoms with Crippen LogP contribution in [-0.4, -0.2) is 36.5 Å². The monoisotopic (exact) mass is 337 g/mol. The highest BCUT2D eigenvalue weighted by molar-refractivity contribution is 6.31. The predicted molar refractivity (Wildman–Crippen MR) is 88.6 cm³/mol. The summed E-state index contributed by atoms with van der Waals surface area (Å²) in [6.07, 6.45) is 0. The highest BCUT2D eigenvalue weighted by Gasteiger charge is 2.12. The smallest absolute Gasteiger partial charge is 0.251 e. The molecule has 0 unspecified atom stereocenters. The quantitative estimate of drug-likeness (QED) is 0.880. The Kier molecular flexibility index (Phi) is 5.50. The second-order valence-corrected chi connectivity index (χ2v) is 5.41. The maximum atomic E-state index is 12.2. The van der Waals surface area contributed by atoms with E-state index in [-0.39, 0.29) is 5.91 Å². The lowest BCUT2D eigenvalue weighted by Gasteiger charge is -2.10. The van der Waals surface area contributed by atoms with Gasteiger partial charge >= 0.3 is 0 Å². The van der Waals surface area contributed by atoms with Gasteiger partial charge in [-0.3, -0.25) is 9.48 Å². The first kappa shape index (κ1) is 17.1. The van der Waals surface area contributed by atoms with E-state index in [0.717, 1.165) is 11.4 Å². The van der Waals surface area contributed by atoms with Crippen LogP contribution < -0.4 is 14.8 Å². The minimum Gasteiger partial charge on any atom is -0.493 e. The van der Waals surface area contributed by atoms with E-state index >= 15 is 0 Å². The number of aromatic nitrogens is 2. The van der Waals surface area contributed by atoms with Crippen molar-refractivity contribution in [2.24, 2.45) is 0 Å². The molecular weight excluding hydrogens is 318 g/mol. The summed E-state index contributed by atoms with van der Waals surface area (Å²) in [5.41, 5.74) is 2.19. The molecule has 0 saturated heterocycles. The molecule has 1 amide bonds. The highest BCUT2D eigenvalue weighted by atomic mass is 35.5. The van der Waals surface area contributed by atoms with Crippen LogP contribution in [0.25, 0.3) is 0 Å². The van der Waals surface area contributed by atoms with Crippen molar-refractivity contribution in [2.75, 3.05) is 20.8 Å². The van der Waals surface area contributed by atoms with Crippen molar-refractivity contribution in [3.8, 4) is 11.5 Å². The van der Waals surface area contributed by atoms with Crippen molar-refractivity contribution in [1.29, 1.82) is 0 Å². The first-order chi connectivity index (χ1) is 11.0. The van der Waals surface area contributed by atoms with Crippen LogP contribution in [0, 0.1) is 13.8 Å². The molecule has 7 heteroatoms. The molecule has 124 valence electrons. The Morgan fingerprint density at radius 2 is 1.96 bits per heavy atom. The molecule has 2 rings (SSSR count). The second-order valence-electron chi connectivity index (χ2n) is 5.03. The minimum atomic E-state index is -0.182. The number of benzene rings is 1. The number of nitrogens with zero attached hydrogens (tertiary/aromatic N) is 2. The number of hydrogen-bond acceptors (Lipinski definition) is 4. The van der Waals surface area contributed by atoms with E-state index in [2.05, 4.69) is 10.4 Å². The van der Waals surface area contributed by atoms with Gasteiger partial charge in [-0.05, 0) is 32.0 Å². The number of methoxy groups -OCH3 is 2. The standard InChI is InChI=1S/C16H20ClN3O3/c1-10-15(17)11(2)20(19-10)8-7-18-16(21)12-5-6-13(22-3)14(9-12)23-4/h5-6,9H,7-8H2,1-4H3,(H,18,21). The number of carbonyl (C=O) groups is 1. The SMILES string of the molecule is COc1ccc(C(=O)NCCn2nc(C)c(Cl)c2C)cc1OC. The Labute approximate surface area is 140 Å². The average Bonchev–Trinajstić information content (AvgIpc) is 2.81. The Morgan fingerprint density at radius 3 is 2.52 bits per heavy atom. The zero-order valence-corrected chi connectivity index (χ0v) is 14.4. The first-order valence-electron chi connectivity index (χ1n) is 7.17. The molecular formula is C16H20ClN3O3. The molecule has 0 radical (unpaired) electrons. The maximum Gasteiger partial charge on any atom is 0.251 e. The van der Waals surface area contributed by atoms with Crippen molar-refractivity contribution in [1.82, 2.24) is 15.1 Å². The van der Waals surface area contributed by atoms with E-state index in [1.54, 1.807) is 30.0 Å². The van der Waals surface area contributed by atoms with Gasteiger partial charge in [0.25, 0.3) is 5.91 Å². The van der Waals surface area contributed by atoms with E-state index in [0.29, 0.717) is 35.2 Å². The lowest BCUT2D eigenvalue weighted by Crippen LogP contribution is -2.27. The van der Waals surface area contributed by atoms with E-state index in [1.807, 2.05) is 13.8 Å². The number of halogens is 1. The first-order valence-corrected chi connectivity index (χ1v) is 7.55. The highest BCUT2D eigenvalue weighted by Crippen LogP contribution is 2.27. The van der Waals surface area contributed by atoms with Crippen molar-refractivity contribution in [3.05, 3.63) is 40.2 Å². The molecule has 0 saturated carbocycles. The van der Waals surface area contributed by atoms with Gasteiger partial charge in [0.15, 0.2) is 11.5 Å². The topological polar surface area (TPSA) is 65.4 Å². The van der Waals surface area contributed by atoms with Gasteiger partial charge in [0.2, 0.25) is 0 Å². The number of ether oxygens (including phenoxy) is 2. The second kappa shape index (κ2) is 7.37. The van der Waals surface area contributed by atoms with Crippen LogP contribution in [0.2, 0.25) is 5.02 Å². The summed E-state index contributed by atoms with van der Waals surface area (Å²) in [5.74, 6) is 0.922. The third-order valence-electron chi connectivity index (χ3n) is 3.55. The number of rotatable bonds is 6. The Morgan fingerprint density at radius 1 is 1.26 bits per heavy atom. The number of carbonyl (C=O) groups excluding carboxylic acids is 1. The summed E-state index contributed by atoms with van der Waals surface area (Å²) in [6.45, 7) is 4.76. The molecule has 0 aliphatic heterocycles. The third kappa shape index (κ3) is 3.76. The fourth-order valence-electron chi connectivity index (χ4n) is 2.25. The molecule has 2 aromatic rings. The predicted octanol–water partition coefficient (Wildman–Crippen LogP) is 2.60. The van der Waals surface area contributed by atoms with Gasteiger partial charge in [-0.15, -0.1) is 0 Å². The largest absolute Gasteiger partial charge is 0.493 e. The molecule has 1 aromatic carbocycles. The van der Waals surface area contributed by atoms with Crippen molar-refractivity contribution >= 4 is 17.5 Å². The minimum absolute atomic E-state index is 0.182. The van der Waals surface area contributed by atoms with Crippen molar-refractivity contribution in [3.63, 3.8) is 0 Å². The molecule has 0 bridgehead atoms. The summed E-state index contributed by atoms with van der Waals surface area (Å²) in [5, 5.41) is 7.84. The number of amides is 1. The zero-order chi connectivity index (χ0) is 17.0. The van der Waals surface area contributed by atoms with Gasteiger partial charge < -0.3 is 14.8 Å². The maximum absolute atomic E-state index is 12.2. The summed E-state index contributed by atoms with van der Waals surface area (Å²) < 4.78 is 12.1.